The molecule has 2 heterocycles. The highest BCUT2D eigenvalue weighted by Crippen LogP contribution is 2.20. The van der Waals surface area contributed by atoms with Crippen molar-refractivity contribution in [3.63, 3.8) is 0 Å². The number of anilines is 1. The van der Waals surface area contributed by atoms with Crippen LogP contribution < -0.4 is 4.90 Å². The molecular weight excluding hydrogens is 314 g/mol. The van der Waals surface area contributed by atoms with Crippen LogP contribution in [0.25, 0.3) is 0 Å². The van der Waals surface area contributed by atoms with Crippen LogP contribution in [0.1, 0.15) is 5.69 Å². The molecule has 7 nitrogen and oxygen atoms in total. The SMILES string of the molecule is N#Cc1nccnc1N1CCN(S(=O)(=O)c2ccccc2)CC1. The van der Waals surface area contributed by atoms with Crippen molar-refractivity contribution in [2.45, 2.75) is 4.90 Å². The van der Waals surface area contributed by atoms with Gasteiger partial charge in [-0.25, -0.2) is 18.4 Å². The summed E-state index contributed by atoms with van der Waals surface area (Å²) in [4.78, 5) is 10.4. The van der Waals surface area contributed by atoms with Gasteiger partial charge in [0.05, 0.1) is 4.90 Å². The molecule has 0 saturated carbocycles. The van der Waals surface area contributed by atoms with E-state index in [1.54, 1.807) is 30.3 Å². The molecule has 0 unspecified atom stereocenters. The molecule has 1 aliphatic rings. The number of sulfonamides is 1. The van der Waals surface area contributed by atoms with Crippen LogP contribution in [0.3, 0.4) is 0 Å². The number of hydrogen-bond donors (Lipinski definition) is 0. The Hall–Kier alpha value is -2.50. The molecule has 1 aliphatic heterocycles. The van der Waals surface area contributed by atoms with Gasteiger partial charge in [0, 0.05) is 38.6 Å². The van der Waals surface area contributed by atoms with Gasteiger partial charge in [0.25, 0.3) is 0 Å². The summed E-state index contributed by atoms with van der Waals surface area (Å²) in [6.07, 6.45) is 3.00. The monoisotopic (exact) mass is 329 g/mol. The summed E-state index contributed by atoms with van der Waals surface area (Å²) in [6.45, 7) is 1.64. The second kappa shape index (κ2) is 6.32. The quantitative estimate of drug-likeness (QED) is 0.829. The summed E-state index contributed by atoms with van der Waals surface area (Å²) in [5.41, 5.74) is 0.256. The van der Waals surface area contributed by atoms with Gasteiger partial charge in [0.2, 0.25) is 10.0 Å². The van der Waals surface area contributed by atoms with Gasteiger partial charge >= 0.3 is 0 Å². The van der Waals surface area contributed by atoms with Gasteiger partial charge in [0.15, 0.2) is 11.5 Å². The zero-order chi connectivity index (χ0) is 16.3. The molecule has 0 radical (unpaired) electrons. The van der Waals surface area contributed by atoms with Gasteiger partial charge in [0.1, 0.15) is 6.07 Å². The maximum Gasteiger partial charge on any atom is 0.243 e. The zero-order valence-corrected chi connectivity index (χ0v) is 13.1. The first kappa shape index (κ1) is 15.4. The van der Waals surface area contributed by atoms with Crippen molar-refractivity contribution in [2.75, 3.05) is 31.1 Å². The van der Waals surface area contributed by atoms with Gasteiger partial charge in [-0.15, -0.1) is 0 Å². The van der Waals surface area contributed by atoms with Gasteiger partial charge in [-0.05, 0) is 12.1 Å². The van der Waals surface area contributed by atoms with Crippen molar-refractivity contribution in [1.82, 2.24) is 14.3 Å². The summed E-state index contributed by atoms with van der Waals surface area (Å²) in [5, 5.41) is 9.09. The van der Waals surface area contributed by atoms with Crippen LogP contribution in [0.5, 0.6) is 0 Å². The molecule has 1 saturated heterocycles. The van der Waals surface area contributed by atoms with E-state index >= 15 is 0 Å². The summed E-state index contributed by atoms with van der Waals surface area (Å²) in [6, 6.07) is 10.4. The Balaban J connectivity index is 1.75. The highest BCUT2D eigenvalue weighted by Gasteiger charge is 2.29. The minimum Gasteiger partial charge on any atom is -0.352 e. The first-order chi connectivity index (χ1) is 11.1. The second-order valence-corrected chi connectivity index (χ2v) is 6.98. The molecular formula is C15H15N5O2S. The third kappa shape index (κ3) is 3.02. The number of rotatable bonds is 3. The smallest absolute Gasteiger partial charge is 0.243 e. The lowest BCUT2D eigenvalue weighted by Crippen LogP contribution is -2.49. The van der Waals surface area contributed by atoms with Crippen molar-refractivity contribution in [1.29, 1.82) is 5.26 Å². The van der Waals surface area contributed by atoms with Crippen molar-refractivity contribution in [3.8, 4) is 6.07 Å². The van der Waals surface area contributed by atoms with Crippen LogP contribution in [0, 0.1) is 11.3 Å². The molecule has 0 N–H and O–H groups in total. The van der Waals surface area contributed by atoms with E-state index in [1.807, 2.05) is 11.0 Å². The van der Waals surface area contributed by atoms with Crippen LogP contribution in [0.15, 0.2) is 47.6 Å². The molecule has 0 bridgehead atoms. The highest BCUT2D eigenvalue weighted by atomic mass is 32.2. The average molecular weight is 329 g/mol. The first-order valence-electron chi connectivity index (χ1n) is 7.14. The van der Waals surface area contributed by atoms with E-state index in [-0.39, 0.29) is 5.69 Å². The number of nitrogens with zero attached hydrogens (tertiary/aromatic N) is 5. The molecule has 0 aliphatic carbocycles. The second-order valence-electron chi connectivity index (χ2n) is 5.04. The number of nitriles is 1. The Morgan fingerprint density at radius 1 is 1.00 bits per heavy atom. The standard InChI is InChI=1S/C15H15N5O2S/c16-12-14-15(18-7-6-17-14)19-8-10-20(11-9-19)23(21,22)13-4-2-1-3-5-13/h1-7H,8-11H2. The number of piperazine rings is 1. The Morgan fingerprint density at radius 2 is 1.65 bits per heavy atom. The molecule has 0 spiro atoms. The fourth-order valence-corrected chi connectivity index (χ4v) is 3.97. The van der Waals surface area contributed by atoms with Crippen LogP contribution in [-0.4, -0.2) is 48.9 Å². The number of hydrogen-bond acceptors (Lipinski definition) is 6. The van der Waals surface area contributed by atoms with Crippen LogP contribution >= 0.6 is 0 Å². The van der Waals surface area contributed by atoms with Crippen molar-refractivity contribution in [3.05, 3.63) is 48.4 Å². The van der Waals surface area contributed by atoms with Gasteiger partial charge < -0.3 is 4.90 Å². The molecule has 3 rings (SSSR count). The Labute approximate surface area is 134 Å². The molecule has 23 heavy (non-hydrogen) atoms. The largest absolute Gasteiger partial charge is 0.352 e. The van der Waals surface area contributed by atoms with Crippen molar-refractivity contribution < 1.29 is 8.42 Å². The molecule has 2 aromatic rings. The van der Waals surface area contributed by atoms with Crippen LogP contribution in [0.2, 0.25) is 0 Å². The summed E-state index contributed by atoms with van der Waals surface area (Å²) in [5.74, 6) is 0.506. The maximum atomic E-state index is 12.6. The molecule has 118 valence electrons. The third-order valence-electron chi connectivity index (χ3n) is 3.70. The molecule has 0 amide bonds. The fraction of sp³-hybridized carbons (Fsp3) is 0.267. The first-order valence-corrected chi connectivity index (χ1v) is 8.58. The molecule has 1 aromatic carbocycles. The predicted octanol–water partition coefficient (Wildman–Crippen LogP) is 0.859. The summed E-state index contributed by atoms with van der Waals surface area (Å²) >= 11 is 0. The van der Waals surface area contributed by atoms with Crippen LogP contribution in [-0.2, 0) is 10.0 Å². The zero-order valence-electron chi connectivity index (χ0n) is 12.3. The van der Waals surface area contributed by atoms with E-state index in [0.717, 1.165) is 0 Å². The van der Waals surface area contributed by atoms with Crippen molar-refractivity contribution in [2.24, 2.45) is 0 Å². The number of benzene rings is 1. The Morgan fingerprint density at radius 3 is 2.30 bits per heavy atom. The maximum absolute atomic E-state index is 12.6. The van der Waals surface area contributed by atoms with E-state index in [1.165, 1.54) is 16.7 Å². The Kier molecular flexibility index (Phi) is 4.23. The number of aromatic nitrogens is 2. The van der Waals surface area contributed by atoms with E-state index in [9.17, 15) is 8.42 Å². The normalized spacial score (nSPS) is 16.0. The summed E-state index contributed by atoms with van der Waals surface area (Å²) < 4.78 is 26.6. The minimum absolute atomic E-state index is 0.256. The topological polar surface area (TPSA) is 90.2 Å². The van der Waals surface area contributed by atoms with E-state index < -0.39 is 10.0 Å². The van der Waals surface area contributed by atoms with Gasteiger partial charge in [-0.1, -0.05) is 18.2 Å². The molecule has 1 fully saturated rings. The average Bonchev–Trinajstić information content (AvgIpc) is 2.62. The lowest BCUT2D eigenvalue weighted by Gasteiger charge is -2.34. The van der Waals surface area contributed by atoms with E-state index in [2.05, 4.69) is 9.97 Å². The lowest BCUT2D eigenvalue weighted by molar-refractivity contribution is 0.383. The van der Waals surface area contributed by atoms with Crippen molar-refractivity contribution >= 4 is 15.8 Å². The predicted molar refractivity (Wildman–Crippen MR) is 84.2 cm³/mol. The third-order valence-corrected chi connectivity index (χ3v) is 5.62. The summed E-state index contributed by atoms with van der Waals surface area (Å²) in [7, 11) is -3.48. The highest BCUT2D eigenvalue weighted by molar-refractivity contribution is 7.89. The van der Waals surface area contributed by atoms with Gasteiger partial charge in [-0.2, -0.15) is 9.57 Å². The van der Waals surface area contributed by atoms with E-state index in [4.69, 9.17) is 5.26 Å². The molecule has 1 aromatic heterocycles. The lowest BCUT2D eigenvalue weighted by atomic mass is 10.3. The fourth-order valence-electron chi connectivity index (χ4n) is 2.52. The molecule has 0 atom stereocenters. The van der Waals surface area contributed by atoms with Gasteiger partial charge in [-0.3, -0.25) is 0 Å². The Bertz CT molecular complexity index is 824. The van der Waals surface area contributed by atoms with Crippen LogP contribution in [0.4, 0.5) is 5.82 Å². The minimum atomic E-state index is -3.48. The molecule has 8 heteroatoms. The van der Waals surface area contributed by atoms with E-state index in [0.29, 0.717) is 36.9 Å².